The maximum atomic E-state index is 13.3. The van der Waals surface area contributed by atoms with E-state index in [4.69, 9.17) is 0 Å². The van der Waals surface area contributed by atoms with Gasteiger partial charge >= 0.3 is 0 Å². The van der Waals surface area contributed by atoms with E-state index in [1.54, 1.807) is 0 Å². The van der Waals surface area contributed by atoms with Gasteiger partial charge in [-0.15, -0.1) is 0 Å². The van der Waals surface area contributed by atoms with E-state index in [1.165, 1.54) is 18.9 Å². The lowest BCUT2D eigenvalue weighted by Crippen LogP contribution is -2.29. The zero-order chi connectivity index (χ0) is 13.7. The molecule has 2 rings (SSSR count). The van der Waals surface area contributed by atoms with Crippen molar-refractivity contribution >= 4 is 5.91 Å². The summed E-state index contributed by atoms with van der Waals surface area (Å²) in [4.78, 5) is 11.6. The van der Waals surface area contributed by atoms with Crippen molar-refractivity contribution in [1.82, 2.24) is 10.6 Å². The Kier molecular flexibility index (Phi) is 4.85. The number of nitrogens with one attached hydrogen (secondary N) is 2. The Morgan fingerprint density at radius 2 is 2.05 bits per heavy atom. The minimum atomic E-state index is -0.675. The van der Waals surface area contributed by atoms with Crippen LogP contribution in [0.25, 0.3) is 0 Å². The van der Waals surface area contributed by atoms with Crippen molar-refractivity contribution in [1.29, 1.82) is 0 Å². The molecule has 0 heterocycles. The van der Waals surface area contributed by atoms with Gasteiger partial charge in [-0.25, -0.2) is 8.78 Å². The Morgan fingerprint density at radius 3 is 2.74 bits per heavy atom. The third-order valence-electron chi connectivity index (χ3n) is 3.05. The summed E-state index contributed by atoms with van der Waals surface area (Å²) in [5.74, 6) is -1.55. The van der Waals surface area contributed by atoms with Crippen molar-refractivity contribution in [3.8, 4) is 0 Å². The van der Waals surface area contributed by atoms with Crippen molar-refractivity contribution < 1.29 is 13.6 Å². The quantitative estimate of drug-likeness (QED) is 0.740. The topological polar surface area (TPSA) is 41.1 Å². The summed E-state index contributed by atoms with van der Waals surface area (Å²) in [5.41, 5.74) is 0.218. The molecule has 0 aromatic heterocycles. The molecule has 0 unspecified atom stereocenters. The van der Waals surface area contributed by atoms with E-state index in [-0.39, 0.29) is 17.9 Å². The van der Waals surface area contributed by atoms with Crippen molar-refractivity contribution in [2.24, 2.45) is 0 Å². The number of hydrogen-bond acceptors (Lipinski definition) is 2. The predicted octanol–water partition coefficient (Wildman–Crippen LogP) is 1.77. The lowest BCUT2D eigenvalue weighted by atomic mass is 10.1. The molecule has 0 bridgehead atoms. The number of rotatable bonds is 7. The fraction of sp³-hybridized carbons (Fsp3) is 0.500. The fourth-order valence-corrected chi connectivity index (χ4v) is 1.81. The molecule has 5 heteroatoms. The van der Waals surface area contributed by atoms with Gasteiger partial charge in [0.2, 0.25) is 5.91 Å². The molecule has 1 aliphatic rings. The minimum Gasteiger partial charge on any atom is -0.356 e. The van der Waals surface area contributed by atoms with Gasteiger partial charge in [0.05, 0.1) is 6.42 Å². The van der Waals surface area contributed by atoms with Crippen LogP contribution in [-0.4, -0.2) is 25.0 Å². The Labute approximate surface area is 111 Å². The van der Waals surface area contributed by atoms with Gasteiger partial charge in [0.1, 0.15) is 11.6 Å². The van der Waals surface area contributed by atoms with E-state index in [0.29, 0.717) is 12.6 Å². The van der Waals surface area contributed by atoms with Crippen molar-refractivity contribution in [3.63, 3.8) is 0 Å². The number of amides is 1. The fourth-order valence-electron chi connectivity index (χ4n) is 1.81. The molecule has 0 saturated heterocycles. The zero-order valence-corrected chi connectivity index (χ0v) is 10.7. The molecule has 104 valence electrons. The monoisotopic (exact) mass is 268 g/mol. The number of benzene rings is 1. The summed E-state index contributed by atoms with van der Waals surface area (Å²) in [7, 11) is 0. The second kappa shape index (κ2) is 6.61. The van der Waals surface area contributed by atoms with Crippen LogP contribution in [0.5, 0.6) is 0 Å². The first kappa shape index (κ1) is 13.9. The summed E-state index contributed by atoms with van der Waals surface area (Å²) in [6.07, 6.45) is 3.29. The summed E-state index contributed by atoms with van der Waals surface area (Å²) in [6, 6.07) is 3.93. The van der Waals surface area contributed by atoms with Crippen LogP contribution in [0.2, 0.25) is 0 Å². The number of halogens is 2. The second-order valence-electron chi connectivity index (χ2n) is 4.84. The molecule has 1 amide bonds. The lowest BCUT2D eigenvalue weighted by Gasteiger charge is -2.06. The van der Waals surface area contributed by atoms with Crippen LogP contribution in [0.1, 0.15) is 24.8 Å². The molecular formula is C14H18F2N2O. The van der Waals surface area contributed by atoms with Crippen molar-refractivity contribution in [2.75, 3.05) is 13.1 Å². The second-order valence-corrected chi connectivity index (χ2v) is 4.84. The standard InChI is InChI=1S/C14H18F2N2O/c15-11-3-2-10(13(16)9-11)8-14(19)18-7-1-6-17-12-4-5-12/h2-3,9,12,17H,1,4-8H2,(H,18,19). The van der Waals surface area contributed by atoms with Crippen molar-refractivity contribution in [3.05, 3.63) is 35.4 Å². The van der Waals surface area contributed by atoms with Crippen LogP contribution in [0.4, 0.5) is 8.78 Å². The summed E-state index contributed by atoms with van der Waals surface area (Å²) < 4.78 is 26.0. The highest BCUT2D eigenvalue weighted by atomic mass is 19.1. The Bertz CT molecular complexity index is 447. The van der Waals surface area contributed by atoms with Gasteiger partial charge in [0, 0.05) is 18.7 Å². The molecule has 0 atom stereocenters. The van der Waals surface area contributed by atoms with Gasteiger partial charge in [-0.05, 0) is 37.4 Å². The zero-order valence-electron chi connectivity index (χ0n) is 10.7. The first-order chi connectivity index (χ1) is 9.15. The first-order valence-electron chi connectivity index (χ1n) is 6.59. The highest BCUT2D eigenvalue weighted by molar-refractivity contribution is 5.78. The molecule has 1 aromatic carbocycles. The summed E-state index contributed by atoms with van der Waals surface area (Å²) >= 11 is 0. The largest absolute Gasteiger partial charge is 0.356 e. The van der Waals surface area contributed by atoms with Gasteiger partial charge in [-0.2, -0.15) is 0 Å². The van der Waals surface area contributed by atoms with Crippen LogP contribution in [0.15, 0.2) is 18.2 Å². The highest BCUT2D eigenvalue weighted by Gasteiger charge is 2.19. The maximum Gasteiger partial charge on any atom is 0.224 e. The lowest BCUT2D eigenvalue weighted by molar-refractivity contribution is -0.120. The van der Waals surface area contributed by atoms with Crippen LogP contribution in [0.3, 0.4) is 0 Å². The first-order valence-corrected chi connectivity index (χ1v) is 6.59. The number of carbonyl (C=O) groups is 1. The Hall–Kier alpha value is -1.49. The summed E-state index contributed by atoms with van der Waals surface area (Å²) in [6.45, 7) is 1.46. The third-order valence-corrected chi connectivity index (χ3v) is 3.05. The molecule has 3 nitrogen and oxygen atoms in total. The minimum absolute atomic E-state index is 0.0534. The van der Waals surface area contributed by atoms with Crippen LogP contribution >= 0.6 is 0 Å². The molecule has 0 spiro atoms. The number of hydrogen-bond donors (Lipinski definition) is 2. The highest BCUT2D eigenvalue weighted by Crippen LogP contribution is 2.18. The molecular weight excluding hydrogens is 250 g/mol. The normalized spacial score (nSPS) is 14.4. The molecule has 2 N–H and O–H groups in total. The van der Waals surface area contributed by atoms with E-state index >= 15 is 0 Å². The average Bonchev–Trinajstić information content (AvgIpc) is 3.16. The van der Waals surface area contributed by atoms with Crippen LogP contribution < -0.4 is 10.6 Å². The average molecular weight is 268 g/mol. The molecule has 1 aromatic rings. The smallest absolute Gasteiger partial charge is 0.224 e. The molecule has 1 saturated carbocycles. The van der Waals surface area contributed by atoms with E-state index in [9.17, 15) is 13.6 Å². The molecule has 19 heavy (non-hydrogen) atoms. The third kappa shape index (κ3) is 4.95. The van der Waals surface area contributed by atoms with Crippen molar-refractivity contribution in [2.45, 2.75) is 31.7 Å². The Morgan fingerprint density at radius 1 is 1.26 bits per heavy atom. The molecule has 1 fully saturated rings. The SMILES string of the molecule is O=C(Cc1ccc(F)cc1F)NCCCNC1CC1. The maximum absolute atomic E-state index is 13.3. The van der Waals surface area contributed by atoms with E-state index in [0.717, 1.165) is 25.1 Å². The van der Waals surface area contributed by atoms with Gasteiger partial charge in [0.15, 0.2) is 0 Å². The molecule has 0 aliphatic heterocycles. The Balaban J connectivity index is 1.65. The molecule has 1 aliphatic carbocycles. The molecule has 0 radical (unpaired) electrons. The predicted molar refractivity (Wildman–Crippen MR) is 68.7 cm³/mol. The van der Waals surface area contributed by atoms with Crippen LogP contribution in [0, 0.1) is 11.6 Å². The van der Waals surface area contributed by atoms with E-state index in [1.807, 2.05) is 0 Å². The van der Waals surface area contributed by atoms with Gasteiger partial charge < -0.3 is 10.6 Å². The van der Waals surface area contributed by atoms with E-state index in [2.05, 4.69) is 10.6 Å². The van der Waals surface area contributed by atoms with Gasteiger partial charge in [-0.1, -0.05) is 6.07 Å². The summed E-state index contributed by atoms with van der Waals surface area (Å²) in [5, 5.41) is 6.07. The van der Waals surface area contributed by atoms with E-state index < -0.39 is 11.6 Å². The van der Waals surface area contributed by atoms with Crippen LogP contribution in [-0.2, 0) is 11.2 Å². The number of carbonyl (C=O) groups excluding carboxylic acids is 1. The van der Waals surface area contributed by atoms with Gasteiger partial charge in [0.25, 0.3) is 0 Å². The van der Waals surface area contributed by atoms with Gasteiger partial charge in [-0.3, -0.25) is 4.79 Å².